The first-order valence-electron chi connectivity index (χ1n) is 6.25. The molecule has 0 aliphatic rings. The highest BCUT2D eigenvalue weighted by Gasteiger charge is 2.20. The minimum atomic E-state index is -1.11. The van der Waals surface area contributed by atoms with Crippen LogP contribution < -0.4 is 10.1 Å². The van der Waals surface area contributed by atoms with Crippen LogP contribution in [0.25, 0.3) is 0 Å². The molecule has 0 fully saturated rings. The van der Waals surface area contributed by atoms with Gasteiger partial charge in [0, 0.05) is 11.1 Å². The number of aromatic carboxylic acids is 1. The predicted molar refractivity (Wildman–Crippen MR) is 84.1 cm³/mol. The van der Waals surface area contributed by atoms with Crippen LogP contribution >= 0.6 is 22.9 Å². The van der Waals surface area contributed by atoms with Crippen LogP contribution in [0, 0.1) is 0 Å². The third-order valence-electron chi connectivity index (χ3n) is 2.92. The number of carboxylic acid groups (broad SMARTS) is 1. The Morgan fingerprint density at radius 3 is 2.73 bits per heavy atom. The number of rotatable bonds is 5. The van der Waals surface area contributed by atoms with E-state index in [0.717, 1.165) is 11.3 Å². The minimum absolute atomic E-state index is 0.0628. The molecular weight excluding hydrogens is 328 g/mol. The molecule has 1 amide bonds. The summed E-state index contributed by atoms with van der Waals surface area (Å²) in [4.78, 5) is 26.9. The first-order chi connectivity index (χ1) is 10.4. The van der Waals surface area contributed by atoms with Crippen molar-refractivity contribution in [3.63, 3.8) is 0 Å². The number of hydrogen-bond donors (Lipinski definition) is 2. The molecule has 2 N–H and O–H groups in total. The summed E-state index contributed by atoms with van der Waals surface area (Å²) in [5.41, 5.74) is 0.463. The van der Waals surface area contributed by atoms with Crippen molar-refractivity contribution in [2.24, 2.45) is 0 Å². The number of amides is 1. The maximum Gasteiger partial charge on any atom is 0.355 e. The fraction of sp³-hybridized carbons (Fsp3) is 0.214. The number of nitrogens with zero attached hydrogens (tertiary/aromatic N) is 1. The molecule has 6 nitrogen and oxygen atoms in total. The van der Waals surface area contributed by atoms with Crippen LogP contribution in [0.2, 0.25) is 5.02 Å². The minimum Gasteiger partial charge on any atom is -0.495 e. The van der Waals surface area contributed by atoms with Crippen LogP contribution in [-0.2, 0) is 4.79 Å². The Bertz CT molecular complexity index is 717. The number of benzene rings is 1. The van der Waals surface area contributed by atoms with Gasteiger partial charge in [-0.25, -0.2) is 9.78 Å². The van der Waals surface area contributed by atoms with Gasteiger partial charge in [0.1, 0.15) is 10.8 Å². The van der Waals surface area contributed by atoms with Gasteiger partial charge in [0.2, 0.25) is 5.91 Å². The highest BCUT2D eigenvalue weighted by atomic mass is 35.5. The molecule has 2 aromatic rings. The molecule has 1 heterocycles. The molecule has 0 saturated heterocycles. The first-order valence-corrected chi connectivity index (χ1v) is 7.51. The molecule has 8 heteroatoms. The van der Waals surface area contributed by atoms with E-state index in [9.17, 15) is 9.59 Å². The van der Waals surface area contributed by atoms with Crippen molar-refractivity contribution in [3.05, 3.63) is 39.3 Å². The Morgan fingerprint density at radius 1 is 1.45 bits per heavy atom. The average molecular weight is 341 g/mol. The second kappa shape index (κ2) is 6.76. The summed E-state index contributed by atoms with van der Waals surface area (Å²) in [6, 6.07) is 4.89. The number of carboxylic acids is 1. The number of carbonyl (C=O) groups is 2. The van der Waals surface area contributed by atoms with Crippen molar-refractivity contribution in [1.29, 1.82) is 0 Å². The summed E-state index contributed by atoms with van der Waals surface area (Å²) < 4.78 is 5.04. The fourth-order valence-corrected chi connectivity index (χ4v) is 2.80. The Hall–Kier alpha value is -2.12. The van der Waals surface area contributed by atoms with Gasteiger partial charge < -0.3 is 15.2 Å². The van der Waals surface area contributed by atoms with E-state index in [2.05, 4.69) is 10.3 Å². The molecule has 1 aromatic heterocycles. The van der Waals surface area contributed by atoms with Crippen LogP contribution in [0.3, 0.4) is 0 Å². The lowest BCUT2D eigenvalue weighted by Crippen LogP contribution is -2.19. The molecule has 0 spiro atoms. The topological polar surface area (TPSA) is 88.5 Å². The van der Waals surface area contributed by atoms with Gasteiger partial charge in [0.05, 0.1) is 18.1 Å². The number of methoxy groups -OCH3 is 1. The molecule has 0 unspecified atom stereocenters. The van der Waals surface area contributed by atoms with Gasteiger partial charge in [-0.3, -0.25) is 4.79 Å². The van der Waals surface area contributed by atoms with Gasteiger partial charge in [-0.05, 0) is 25.1 Å². The Labute approximate surface area is 135 Å². The van der Waals surface area contributed by atoms with Crippen molar-refractivity contribution < 1.29 is 19.4 Å². The van der Waals surface area contributed by atoms with E-state index in [1.165, 1.54) is 12.5 Å². The van der Waals surface area contributed by atoms with Crippen LogP contribution in [0.15, 0.2) is 23.6 Å². The molecule has 1 atom stereocenters. The van der Waals surface area contributed by atoms with Gasteiger partial charge in [0.15, 0.2) is 5.69 Å². The summed E-state index contributed by atoms with van der Waals surface area (Å²) >= 11 is 7.13. The molecule has 22 heavy (non-hydrogen) atoms. The lowest BCUT2D eigenvalue weighted by atomic mass is 10.1. The summed E-state index contributed by atoms with van der Waals surface area (Å²) in [6.07, 6.45) is 0. The van der Waals surface area contributed by atoms with Gasteiger partial charge in [-0.15, -0.1) is 11.3 Å². The first kappa shape index (κ1) is 16.3. The Morgan fingerprint density at radius 2 is 2.18 bits per heavy atom. The van der Waals surface area contributed by atoms with Crippen molar-refractivity contribution in [3.8, 4) is 5.75 Å². The number of nitrogens with one attached hydrogen (secondary N) is 1. The van der Waals surface area contributed by atoms with Crippen molar-refractivity contribution in [1.82, 2.24) is 4.98 Å². The van der Waals surface area contributed by atoms with Gasteiger partial charge in [-0.2, -0.15) is 0 Å². The molecule has 0 aliphatic heterocycles. The molecule has 2 rings (SSSR count). The maximum absolute atomic E-state index is 12.2. The maximum atomic E-state index is 12.2. The van der Waals surface area contributed by atoms with Crippen molar-refractivity contribution in [2.75, 3.05) is 12.4 Å². The van der Waals surface area contributed by atoms with E-state index in [0.29, 0.717) is 21.5 Å². The van der Waals surface area contributed by atoms with E-state index >= 15 is 0 Å². The van der Waals surface area contributed by atoms with Gasteiger partial charge in [-0.1, -0.05) is 11.6 Å². The monoisotopic (exact) mass is 340 g/mol. The zero-order valence-corrected chi connectivity index (χ0v) is 13.4. The largest absolute Gasteiger partial charge is 0.495 e. The number of ether oxygens (including phenoxy) is 1. The van der Waals surface area contributed by atoms with Gasteiger partial charge >= 0.3 is 5.97 Å². The molecule has 0 radical (unpaired) electrons. The average Bonchev–Trinajstić information content (AvgIpc) is 2.96. The number of aromatic nitrogens is 1. The lowest BCUT2D eigenvalue weighted by Gasteiger charge is -2.11. The number of thiazole rings is 1. The number of hydrogen-bond acceptors (Lipinski definition) is 5. The SMILES string of the molecule is COc1ccc(NC(=O)[C@@H](C)c2nc(C(=O)O)cs2)cc1Cl. The fourth-order valence-electron chi connectivity index (χ4n) is 1.69. The highest BCUT2D eigenvalue weighted by Crippen LogP contribution is 2.28. The molecular formula is C14H13ClN2O4S. The molecule has 0 saturated carbocycles. The van der Waals surface area contributed by atoms with Gasteiger partial charge in [0.25, 0.3) is 0 Å². The molecule has 0 bridgehead atoms. The Balaban J connectivity index is 2.10. The molecule has 116 valence electrons. The van der Waals surface area contributed by atoms with Crippen LogP contribution in [0.5, 0.6) is 5.75 Å². The van der Waals surface area contributed by atoms with Crippen LogP contribution in [-0.4, -0.2) is 29.1 Å². The van der Waals surface area contributed by atoms with Crippen molar-refractivity contribution >= 4 is 40.5 Å². The van der Waals surface area contributed by atoms with Crippen LogP contribution in [0.1, 0.15) is 28.3 Å². The van der Waals surface area contributed by atoms with E-state index < -0.39 is 11.9 Å². The smallest absolute Gasteiger partial charge is 0.355 e. The second-order valence-electron chi connectivity index (χ2n) is 4.44. The van der Waals surface area contributed by atoms with E-state index in [-0.39, 0.29) is 11.6 Å². The zero-order chi connectivity index (χ0) is 16.3. The summed E-state index contributed by atoms with van der Waals surface area (Å²) in [5.74, 6) is -1.47. The summed E-state index contributed by atoms with van der Waals surface area (Å²) in [6.45, 7) is 1.66. The normalized spacial score (nSPS) is 11.8. The third-order valence-corrected chi connectivity index (χ3v) is 4.25. The predicted octanol–water partition coefficient (Wildman–Crippen LogP) is 3.25. The lowest BCUT2D eigenvalue weighted by molar-refractivity contribution is -0.117. The van der Waals surface area contributed by atoms with E-state index in [4.69, 9.17) is 21.4 Å². The zero-order valence-electron chi connectivity index (χ0n) is 11.8. The van der Waals surface area contributed by atoms with Crippen molar-refractivity contribution in [2.45, 2.75) is 12.8 Å². The molecule has 0 aliphatic carbocycles. The number of halogens is 1. The van der Waals surface area contributed by atoms with E-state index in [1.807, 2.05) is 0 Å². The van der Waals surface area contributed by atoms with E-state index in [1.54, 1.807) is 25.1 Å². The summed E-state index contributed by atoms with van der Waals surface area (Å²) in [7, 11) is 1.50. The standard InChI is InChI=1S/C14H13ClN2O4S/c1-7(13-17-10(6-22-13)14(19)20)12(18)16-8-3-4-11(21-2)9(15)5-8/h3-7H,1-2H3,(H,16,18)(H,19,20)/t7-/m1/s1. The highest BCUT2D eigenvalue weighted by molar-refractivity contribution is 7.10. The quantitative estimate of drug-likeness (QED) is 0.872. The summed E-state index contributed by atoms with van der Waals surface area (Å²) in [5, 5.41) is 13.8. The number of carbonyl (C=O) groups excluding carboxylic acids is 1. The number of anilines is 1. The second-order valence-corrected chi connectivity index (χ2v) is 5.73. The third kappa shape index (κ3) is 3.55. The molecule has 1 aromatic carbocycles. The van der Waals surface area contributed by atoms with Crippen LogP contribution in [0.4, 0.5) is 5.69 Å². The Kier molecular flexibility index (Phi) is 4.99.